The van der Waals surface area contributed by atoms with Gasteiger partial charge in [0.2, 0.25) is 0 Å². The van der Waals surface area contributed by atoms with Crippen molar-refractivity contribution in [2.24, 2.45) is 0 Å². The summed E-state index contributed by atoms with van der Waals surface area (Å²) in [5.41, 5.74) is 3.13. The average Bonchev–Trinajstić information content (AvgIpc) is 2.96. The van der Waals surface area contributed by atoms with Gasteiger partial charge in [-0.3, -0.25) is 0 Å². The molecular formula is C33H21NO6. The first-order chi connectivity index (χ1) is 19.3. The van der Waals surface area contributed by atoms with E-state index in [1.165, 1.54) is 0 Å². The highest BCUT2D eigenvalue weighted by molar-refractivity contribution is 6.00. The number of fused-ring (bicyclic) bond motifs is 3. The molecule has 6 rings (SSSR count). The fourth-order valence-electron chi connectivity index (χ4n) is 4.96. The lowest BCUT2D eigenvalue weighted by atomic mass is 10.0. The van der Waals surface area contributed by atoms with Crippen molar-refractivity contribution in [2.75, 3.05) is 4.90 Å². The van der Waals surface area contributed by atoms with Crippen LogP contribution in [0.15, 0.2) is 109 Å². The number of benzene rings is 6. The minimum absolute atomic E-state index is 0.211. The fourth-order valence-corrected chi connectivity index (χ4v) is 4.96. The van der Waals surface area contributed by atoms with E-state index in [1.54, 1.807) is 54.6 Å². The van der Waals surface area contributed by atoms with E-state index in [9.17, 15) is 29.7 Å². The highest BCUT2D eigenvalue weighted by Gasteiger charge is 2.16. The smallest absolute Gasteiger partial charge is 0.335 e. The summed E-state index contributed by atoms with van der Waals surface area (Å²) in [5.74, 6) is -2.97. The van der Waals surface area contributed by atoms with E-state index in [2.05, 4.69) is 4.90 Å². The molecule has 0 heterocycles. The van der Waals surface area contributed by atoms with Crippen LogP contribution < -0.4 is 4.90 Å². The Morgan fingerprint density at radius 1 is 0.375 bits per heavy atom. The molecule has 0 aliphatic heterocycles. The quantitative estimate of drug-likeness (QED) is 0.203. The van der Waals surface area contributed by atoms with Crippen LogP contribution in [-0.4, -0.2) is 33.2 Å². The zero-order valence-corrected chi connectivity index (χ0v) is 20.9. The molecule has 0 aromatic heterocycles. The summed E-state index contributed by atoms with van der Waals surface area (Å²) in [5, 5.41) is 33.1. The van der Waals surface area contributed by atoms with Gasteiger partial charge in [-0.05, 0) is 105 Å². The minimum Gasteiger partial charge on any atom is -0.478 e. The maximum absolute atomic E-state index is 11.4. The Balaban J connectivity index is 1.53. The molecule has 6 aromatic rings. The Morgan fingerprint density at radius 3 is 0.900 bits per heavy atom. The molecular weight excluding hydrogens is 506 g/mol. The number of anilines is 3. The second-order valence-corrected chi connectivity index (χ2v) is 9.49. The van der Waals surface area contributed by atoms with Crippen LogP contribution in [0.5, 0.6) is 0 Å². The van der Waals surface area contributed by atoms with Crippen LogP contribution in [0, 0.1) is 0 Å². The highest BCUT2D eigenvalue weighted by Crippen LogP contribution is 2.39. The number of carbonyl (C=O) groups is 3. The standard InChI is InChI=1S/C33H21NO6/c35-31(36)25-4-1-22-16-28(10-7-19(22)13-25)34(29-11-8-20-14-26(32(37)38)5-2-23(20)17-29)30-12-9-21-15-27(33(39)40)6-3-24(21)18-30/h1-18H,(H,35,36)(H,37,38)(H,39,40). The lowest BCUT2D eigenvalue weighted by Gasteiger charge is -2.26. The van der Waals surface area contributed by atoms with Gasteiger partial charge in [0, 0.05) is 17.1 Å². The summed E-state index contributed by atoms with van der Waals surface area (Å²) >= 11 is 0. The van der Waals surface area contributed by atoms with E-state index in [-0.39, 0.29) is 16.7 Å². The minimum atomic E-state index is -0.989. The topological polar surface area (TPSA) is 115 Å². The molecule has 194 valence electrons. The van der Waals surface area contributed by atoms with Crippen molar-refractivity contribution < 1.29 is 29.7 Å². The summed E-state index contributed by atoms with van der Waals surface area (Å²) in [4.78, 5) is 36.4. The van der Waals surface area contributed by atoms with Gasteiger partial charge in [-0.1, -0.05) is 36.4 Å². The summed E-state index contributed by atoms with van der Waals surface area (Å²) in [6.45, 7) is 0. The molecule has 6 aromatic carbocycles. The Kier molecular flexibility index (Phi) is 5.89. The van der Waals surface area contributed by atoms with E-state index in [0.717, 1.165) is 49.4 Å². The molecule has 0 saturated heterocycles. The number of rotatable bonds is 6. The SMILES string of the molecule is O=C(O)c1ccc2cc(N(c3ccc4cc(C(=O)O)ccc4c3)c3ccc4cc(C(=O)O)ccc4c3)ccc2c1. The van der Waals surface area contributed by atoms with Gasteiger partial charge in [-0.2, -0.15) is 0 Å². The molecule has 0 aliphatic carbocycles. The van der Waals surface area contributed by atoms with Gasteiger partial charge >= 0.3 is 17.9 Å². The van der Waals surface area contributed by atoms with Crippen LogP contribution in [0.4, 0.5) is 17.1 Å². The van der Waals surface area contributed by atoms with E-state index >= 15 is 0 Å². The monoisotopic (exact) mass is 527 g/mol. The largest absolute Gasteiger partial charge is 0.478 e. The molecule has 7 heteroatoms. The van der Waals surface area contributed by atoms with Crippen LogP contribution in [0.1, 0.15) is 31.1 Å². The Labute approximate surface area is 227 Å². The molecule has 0 bridgehead atoms. The molecule has 40 heavy (non-hydrogen) atoms. The molecule has 0 aliphatic rings. The van der Waals surface area contributed by atoms with Crippen LogP contribution in [0.2, 0.25) is 0 Å². The number of nitrogens with zero attached hydrogens (tertiary/aromatic N) is 1. The van der Waals surface area contributed by atoms with Gasteiger partial charge in [0.1, 0.15) is 0 Å². The lowest BCUT2D eigenvalue weighted by Crippen LogP contribution is -2.10. The molecule has 0 atom stereocenters. The van der Waals surface area contributed by atoms with Crippen LogP contribution in [0.25, 0.3) is 32.3 Å². The third kappa shape index (κ3) is 4.46. The summed E-state index contributed by atoms with van der Waals surface area (Å²) in [7, 11) is 0. The summed E-state index contributed by atoms with van der Waals surface area (Å²) in [6, 6.07) is 32.3. The van der Waals surface area contributed by atoms with E-state index in [1.807, 2.05) is 54.6 Å². The Bertz CT molecular complexity index is 1780. The van der Waals surface area contributed by atoms with Crippen LogP contribution in [-0.2, 0) is 0 Å². The van der Waals surface area contributed by atoms with Crippen LogP contribution >= 0.6 is 0 Å². The molecule has 3 N–H and O–H groups in total. The molecule has 0 amide bonds. The van der Waals surface area contributed by atoms with Gasteiger partial charge in [0.05, 0.1) is 16.7 Å². The zero-order valence-electron chi connectivity index (χ0n) is 20.9. The number of carboxylic acid groups (broad SMARTS) is 3. The number of hydrogen-bond acceptors (Lipinski definition) is 4. The Morgan fingerprint density at radius 2 is 0.625 bits per heavy atom. The molecule has 0 unspecified atom stereocenters. The maximum Gasteiger partial charge on any atom is 0.335 e. The maximum atomic E-state index is 11.4. The third-order valence-corrected chi connectivity index (χ3v) is 6.99. The summed E-state index contributed by atoms with van der Waals surface area (Å²) in [6.07, 6.45) is 0. The number of carboxylic acids is 3. The van der Waals surface area contributed by atoms with Gasteiger partial charge in [0.25, 0.3) is 0 Å². The lowest BCUT2D eigenvalue weighted by molar-refractivity contribution is 0.0686. The van der Waals surface area contributed by atoms with Crippen LogP contribution in [0.3, 0.4) is 0 Å². The van der Waals surface area contributed by atoms with Gasteiger partial charge in [-0.25, -0.2) is 14.4 Å². The summed E-state index contributed by atoms with van der Waals surface area (Å²) < 4.78 is 0. The molecule has 7 nitrogen and oxygen atoms in total. The predicted octanol–water partition coefficient (Wildman–Crippen LogP) is 7.71. The second-order valence-electron chi connectivity index (χ2n) is 9.49. The molecule has 0 fully saturated rings. The number of hydrogen-bond donors (Lipinski definition) is 3. The number of aromatic carboxylic acids is 3. The van der Waals surface area contributed by atoms with Gasteiger partial charge in [0.15, 0.2) is 0 Å². The predicted molar refractivity (Wildman–Crippen MR) is 155 cm³/mol. The van der Waals surface area contributed by atoms with E-state index in [0.29, 0.717) is 0 Å². The van der Waals surface area contributed by atoms with Crippen molar-refractivity contribution in [3.05, 3.63) is 126 Å². The second kappa shape index (κ2) is 9.56. The zero-order chi connectivity index (χ0) is 28.0. The first-order valence-electron chi connectivity index (χ1n) is 12.4. The van der Waals surface area contributed by atoms with Crippen molar-refractivity contribution in [1.29, 1.82) is 0 Å². The van der Waals surface area contributed by atoms with E-state index in [4.69, 9.17) is 0 Å². The normalized spacial score (nSPS) is 11.1. The average molecular weight is 528 g/mol. The van der Waals surface area contributed by atoms with Crippen molar-refractivity contribution in [1.82, 2.24) is 0 Å². The van der Waals surface area contributed by atoms with Crippen molar-refractivity contribution in [2.45, 2.75) is 0 Å². The van der Waals surface area contributed by atoms with E-state index < -0.39 is 17.9 Å². The molecule has 0 radical (unpaired) electrons. The molecule has 0 saturated carbocycles. The molecule has 0 spiro atoms. The fraction of sp³-hybridized carbons (Fsp3) is 0. The van der Waals surface area contributed by atoms with Gasteiger partial charge in [-0.15, -0.1) is 0 Å². The Hall–Kier alpha value is -5.69. The van der Waals surface area contributed by atoms with Crippen molar-refractivity contribution >= 4 is 67.3 Å². The van der Waals surface area contributed by atoms with Crippen molar-refractivity contribution in [3.8, 4) is 0 Å². The highest BCUT2D eigenvalue weighted by atomic mass is 16.4. The third-order valence-electron chi connectivity index (χ3n) is 6.99. The van der Waals surface area contributed by atoms with Gasteiger partial charge < -0.3 is 20.2 Å². The first-order valence-corrected chi connectivity index (χ1v) is 12.4. The first kappa shape index (κ1) is 24.6. The van der Waals surface area contributed by atoms with Crippen molar-refractivity contribution in [3.63, 3.8) is 0 Å².